The molecule has 2 heteroatoms. The summed E-state index contributed by atoms with van der Waals surface area (Å²) in [5, 5.41) is 0. The average Bonchev–Trinajstić information content (AvgIpc) is 1.90. The molecule has 0 aromatic rings. The Morgan fingerprint density at radius 3 is 2.78 bits per heavy atom. The molecule has 0 aliphatic carbocycles. The van der Waals surface area contributed by atoms with E-state index < -0.39 is 0 Å². The summed E-state index contributed by atoms with van der Waals surface area (Å²) in [6.45, 7) is 4.50. The molecule has 0 aromatic carbocycles. The van der Waals surface area contributed by atoms with E-state index in [1.54, 1.807) is 0 Å². The molecule has 0 amide bonds. The summed E-state index contributed by atoms with van der Waals surface area (Å²) in [6, 6.07) is 0.689. The van der Waals surface area contributed by atoms with Crippen LogP contribution in [0.25, 0.3) is 0 Å². The van der Waals surface area contributed by atoms with E-state index in [9.17, 15) is 0 Å². The fraction of sp³-hybridized carbons (Fsp3) is 0.714. The summed E-state index contributed by atoms with van der Waals surface area (Å²) in [5.41, 5.74) is 0. The van der Waals surface area contributed by atoms with Crippen molar-refractivity contribution in [2.24, 2.45) is 0 Å². The Bertz CT molecular complexity index is 111. The maximum absolute atomic E-state index is 3.54. The van der Waals surface area contributed by atoms with Crippen molar-refractivity contribution >= 4 is 0 Å². The van der Waals surface area contributed by atoms with Crippen LogP contribution in [-0.4, -0.2) is 9.97 Å². The van der Waals surface area contributed by atoms with Crippen LogP contribution in [0, 0.1) is 0 Å². The SMILES string of the molecule is CC[C@@H]1C=C[C@H](C)[I-]N1. The van der Waals surface area contributed by atoms with Crippen molar-refractivity contribution in [2.75, 3.05) is 0 Å². The molecule has 0 unspecified atom stereocenters. The molecule has 1 aliphatic heterocycles. The van der Waals surface area contributed by atoms with Crippen molar-refractivity contribution in [3.8, 4) is 0 Å². The van der Waals surface area contributed by atoms with Gasteiger partial charge in [0.15, 0.2) is 0 Å². The number of rotatable bonds is 1. The molecule has 1 nitrogen and oxygen atoms in total. The van der Waals surface area contributed by atoms with E-state index in [1.165, 1.54) is 6.42 Å². The molecule has 54 valence electrons. The summed E-state index contributed by atoms with van der Waals surface area (Å²) in [4.78, 5) is 0. The fourth-order valence-corrected chi connectivity index (χ4v) is 2.88. The fourth-order valence-electron chi connectivity index (χ4n) is 0.753. The van der Waals surface area contributed by atoms with Crippen LogP contribution in [0.4, 0.5) is 0 Å². The zero-order chi connectivity index (χ0) is 6.69. The van der Waals surface area contributed by atoms with Crippen LogP contribution in [0.15, 0.2) is 12.2 Å². The predicted octanol–water partition coefficient (Wildman–Crippen LogP) is -1.68. The molecule has 1 N–H and O–H groups in total. The number of halogens is 1. The third-order valence-corrected chi connectivity index (χ3v) is 3.98. The van der Waals surface area contributed by atoms with Gasteiger partial charge in [-0.25, -0.2) is 0 Å². The van der Waals surface area contributed by atoms with Gasteiger partial charge in [0.2, 0.25) is 0 Å². The van der Waals surface area contributed by atoms with Gasteiger partial charge in [0.05, 0.1) is 0 Å². The summed E-state index contributed by atoms with van der Waals surface area (Å²) < 4.78 is 4.38. The van der Waals surface area contributed by atoms with Gasteiger partial charge in [-0.2, -0.15) is 0 Å². The van der Waals surface area contributed by atoms with Gasteiger partial charge in [-0.1, -0.05) is 0 Å². The summed E-state index contributed by atoms with van der Waals surface area (Å²) in [6.07, 6.45) is 5.88. The number of allylic oxidation sites excluding steroid dienone is 1. The Labute approximate surface area is 67.5 Å². The Hall–Kier alpha value is 0.430. The molecule has 0 radical (unpaired) electrons. The van der Waals surface area contributed by atoms with E-state index in [0.717, 1.165) is 3.92 Å². The molecular formula is C7H13IN-. The quantitative estimate of drug-likeness (QED) is 0.249. The van der Waals surface area contributed by atoms with Crippen LogP contribution in [0.1, 0.15) is 20.3 Å². The second-order valence-electron chi connectivity index (χ2n) is 2.30. The Morgan fingerprint density at radius 2 is 2.33 bits per heavy atom. The predicted molar refractivity (Wildman–Crippen MR) is 35.8 cm³/mol. The number of hydrogen-bond donors (Lipinski definition) is 1. The molecule has 2 atom stereocenters. The first-order valence-corrected chi connectivity index (χ1v) is 5.71. The minimum atomic E-state index is 0.269. The van der Waals surface area contributed by atoms with Crippen LogP contribution < -0.4 is 25.0 Å². The molecule has 0 saturated heterocycles. The third kappa shape index (κ3) is 2.26. The zero-order valence-electron chi connectivity index (χ0n) is 5.89. The molecule has 0 bridgehead atoms. The molecule has 0 saturated carbocycles. The summed E-state index contributed by atoms with van der Waals surface area (Å²) in [5.74, 6) is 0. The Balaban J connectivity index is 2.38. The number of alkyl halides is 1. The number of nitrogens with one attached hydrogen (secondary N) is 1. The van der Waals surface area contributed by atoms with E-state index in [4.69, 9.17) is 0 Å². The van der Waals surface area contributed by atoms with Gasteiger partial charge in [0.1, 0.15) is 0 Å². The molecule has 0 aromatic heterocycles. The molecule has 0 fully saturated rings. The first-order valence-electron chi connectivity index (χ1n) is 3.39. The van der Waals surface area contributed by atoms with Crippen molar-refractivity contribution in [1.29, 1.82) is 0 Å². The molecule has 0 spiro atoms. The van der Waals surface area contributed by atoms with Crippen LogP contribution >= 0.6 is 0 Å². The van der Waals surface area contributed by atoms with E-state index >= 15 is 0 Å². The third-order valence-electron chi connectivity index (χ3n) is 1.42. The van der Waals surface area contributed by atoms with E-state index in [1.807, 2.05) is 0 Å². The van der Waals surface area contributed by atoms with E-state index in [0.29, 0.717) is 6.04 Å². The topological polar surface area (TPSA) is 12.0 Å². The normalized spacial score (nSPS) is 35.8. The van der Waals surface area contributed by atoms with E-state index in [-0.39, 0.29) is 21.5 Å². The first kappa shape index (κ1) is 7.54. The van der Waals surface area contributed by atoms with Gasteiger partial charge < -0.3 is 0 Å². The monoisotopic (exact) mass is 238 g/mol. The van der Waals surface area contributed by atoms with Crippen LogP contribution in [-0.2, 0) is 0 Å². The molecule has 1 heterocycles. The molecule has 9 heavy (non-hydrogen) atoms. The van der Waals surface area contributed by atoms with Crippen molar-refractivity contribution in [3.63, 3.8) is 0 Å². The van der Waals surface area contributed by atoms with Crippen molar-refractivity contribution in [2.45, 2.75) is 30.2 Å². The van der Waals surface area contributed by atoms with Gasteiger partial charge in [-0.05, 0) is 0 Å². The van der Waals surface area contributed by atoms with Gasteiger partial charge in [-0.15, -0.1) is 0 Å². The Morgan fingerprint density at radius 1 is 1.56 bits per heavy atom. The Kier molecular flexibility index (Phi) is 2.98. The molecule has 1 rings (SSSR count). The van der Waals surface area contributed by atoms with Gasteiger partial charge in [-0.3, -0.25) is 0 Å². The first-order chi connectivity index (χ1) is 4.33. The maximum atomic E-state index is 3.54. The summed E-state index contributed by atoms with van der Waals surface area (Å²) in [7, 11) is 0. The molecule has 1 aliphatic rings. The van der Waals surface area contributed by atoms with Crippen LogP contribution in [0.5, 0.6) is 0 Å². The van der Waals surface area contributed by atoms with Gasteiger partial charge in [0.25, 0.3) is 0 Å². The van der Waals surface area contributed by atoms with Crippen LogP contribution in [0.2, 0.25) is 0 Å². The minimum absolute atomic E-state index is 0.269. The van der Waals surface area contributed by atoms with Crippen molar-refractivity contribution in [3.05, 3.63) is 12.2 Å². The van der Waals surface area contributed by atoms with Gasteiger partial charge >= 0.3 is 67.4 Å². The van der Waals surface area contributed by atoms with Crippen molar-refractivity contribution in [1.82, 2.24) is 3.53 Å². The standard InChI is InChI=1S/C7H13IN/c1-3-7-5-4-6(2)8-9-7/h4-7,9H,3H2,1-2H3/q-1/t6-,7+/m0/s1. The van der Waals surface area contributed by atoms with Crippen LogP contribution in [0.3, 0.4) is 0 Å². The van der Waals surface area contributed by atoms with Gasteiger partial charge in [0, 0.05) is 0 Å². The average molecular weight is 238 g/mol. The molecular weight excluding hydrogens is 225 g/mol. The number of hydrogen-bond acceptors (Lipinski definition) is 1. The second kappa shape index (κ2) is 3.56. The summed E-state index contributed by atoms with van der Waals surface area (Å²) >= 11 is 0.269. The van der Waals surface area contributed by atoms with Crippen molar-refractivity contribution < 1.29 is 21.5 Å². The zero-order valence-corrected chi connectivity index (χ0v) is 8.05. The second-order valence-corrected chi connectivity index (χ2v) is 5.51. The van der Waals surface area contributed by atoms with E-state index in [2.05, 4.69) is 29.5 Å².